The lowest BCUT2D eigenvalue weighted by Crippen LogP contribution is -2.36. The fourth-order valence-electron chi connectivity index (χ4n) is 3.12. The van der Waals surface area contributed by atoms with Crippen LogP contribution in [-0.2, 0) is 16.6 Å². The lowest BCUT2D eigenvalue weighted by molar-refractivity contribution is 0.0732. The molecule has 0 aliphatic rings. The zero-order valence-electron chi connectivity index (χ0n) is 18.3. The number of hydrogen-bond donors (Lipinski definition) is 1. The molecule has 0 atom stereocenters. The Bertz CT molecular complexity index is 1200. The predicted molar refractivity (Wildman–Crippen MR) is 123 cm³/mol. The Kier molecular flexibility index (Phi) is 7.78. The standard InChI is InChI=1S/C24H25F2N3O3S/c1-28(2)14-15-29(17-18-4-3-5-21(26)16-18)24(30)19-6-10-22(11-7-19)27-33(31,32)23-12-8-20(25)9-13-23/h3-13,16,27H,14-15,17H2,1-2H3. The first kappa shape index (κ1) is 24.3. The van der Waals surface area contributed by atoms with Gasteiger partial charge in [-0.2, -0.15) is 0 Å². The molecule has 0 saturated carbocycles. The van der Waals surface area contributed by atoms with Gasteiger partial charge in [0.2, 0.25) is 0 Å². The SMILES string of the molecule is CN(C)CCN(Cc1cccc(F)c1)C(=O)c1ccc(NS(=O)(=O)c2ccc(F)cc2)cc1. The minimum absolute atomic E-state index is 0.0750. The van der Waals surface area contributed by atoms with Crippen LogP contribution in [0.2, 0.25) is 0 Å². The maximum atomic E-state index is 13.6. The highest BCUT2D eigenvalue weighted by Crippen LogP contribution is 2.18. The number of nitrogens with one attached hydrogen (secondary N) is 1. The third-order valence-electron chi connectivity index (χ3n) is 4.87. The Morgan fingerprint density at radius 2 is 1.55 bits per heavy atom. The molecule has 0 aliphatic carbocycles. The predicted octanol–water partition coefficient (Wildman–Crippen LogP) is 3.97. The number of amides is 1. The highest BCUT2D eigenvalue weighted by Gasteiger charge is 2.18. The zero-order valence-corrected chi connectivity index (χ0v) is 19.1. The number of nitrogens with zero attached hydrogens (tertiary/aromatic N) is 2. The van der Waals surface area contributed by atoms with Crippen molar-refractivity contribution in [3.05, 3.63) is 95.6 Å². The molecule has 1 amide bonds. The number of sulfonamides is 1. The van der Waals surface area contributed by atoms with E-state index in [0.29, 0.717) is 24.2 Å². The van der Waals surface area contributed by atoms with E-state index in [1.165, 1.54) is 48.5 Å². The highest BCUT2D eigenvalue weighted by molar-refractivity contribution is 7.92. The van der Waals surface area contributed by atoms with Crippen LogP contribution in [0.1, 0.15) is 15.9 Å². The van der Waals surface area contributed by atoms with Crippen LogP contribution in [0.25, 0.3) is 0 Å². The summed E-state index contributed by atoms with van der Waals surface area (Å²) in [4.78, 5) is 16.6. The van der Waals surface area contributed by atoms with Gasteiger partial charge < -0.3 is 9.80 Å². The van der Waals surface area contributed by atoms with Crippen molar-refractivity contribution in [2.75, 3.05) is 31.9 Å². The molecule has 3 aromatic rings. The summed E-state index contributed by atoms with van der Waals surface area (Å²) in [7, 11) is -0.104. The van der Waals surface area contributed by atoms with Crippen molar-refractivity contribution >= 4 is 21.6 Å². The Balaban J connectivity index is 1.76. The second-order valence-electron chi connectivity index (χ2n) is 7.80. The molecule has 3 rings (SSSR count). The van der Waals surface area contributed by atoms with Gasteiger partial charge in [0.05, 0.1) is 4.90 Å². The van der Waals surface area contributed by atoms with Gasteiger partial charge in [-0.1, -0.05) is 12.1 Å². The number of rotatable bonds is 9. The zero-order chi connectivity index (χ0) is 24.0. The van der Waals surface area contributed by atoms with Crippen molar-refractivity contribution < 1.29 is 22.0 Å². The van der Waals surface area contributed by atoms with Gasteiger partial charge in [0, 0.05) is 30.9 Å². The molecule has 6 nitrogen and oxygen atoms in total. The molecule has 9 heteroatoms. The van der Waals surface area contributed by atoms with Crippen molar-refractivity contribution in [3.63, 3.8) is 0 Å². The molecule has 1 N–H and O–H groups in total. The van der Waals surface area contributed by atoms with Gasteiger partial charge in [-0.25, -0.2) is 17.2 Å². The van der Waals surface area contributed by atoms with Crippen molar-refractivity contribution in [3.8, 4) is 0 Å². The van der Waals surface area contributed by atoms with Gasteiger partial charge in [-0.3, -0.25) is 9.52 Å². The number of halogens is 2. The van der Waals surface area contributed by atoms with Crippen LogP contribution in [0.3, 0.4) is 0 Å². The summed E-state index contributed by atoms with van der Waals surface area (Å²) in [6.45, 7) is 1.29. The third-order valence-corrected chi connectivity index (χ3v) is 6.27. The lowest BCUT2D eigenvalue weighted by Gasteiger charge is -2.25. The maximum Gasteiger partial charge on any atom is 0.261 e. The van der Waals surface area contributed by atoms with Gasteiger partial charge in [-0.15, -0.1) is 0 Å². The largest absolute Gasteiger partial charge is 0.333 e. The molecule has 0 bridgehead atoms. The summed E-state index contributed by atoms with van der Waals surface area (Å²) in [6, 6.07) is 16.6. The van der Waals surface area contributed by atoms with E-state index in [4.69, 9.17) is 0 Å². The molecule has 0 fully saturated rings. The summed E-state index contributed by atoms with van der Waals surface area (Å²) in [5.74, 6) is -1.16. The Morgan fingerprint density at radius 1 is 0.879 bits per heavy atom. The summed E-state index contributed by atoms with van der Waals surface area (Å²) in [6.07, 6.45) is 0. The quantitative estimate of drug-likeness (QED) is 0.511. The first-order valence-corrected chi connectivity index (χ1v) is 11.7. The molecule has 0 unspecified atom stereocenters. The Morgan fingerprint density at radius 3 is 2.15 bits per heavy atom. The molecule has 0 heterocycles. The van der Waals surface area contributed by atoms with Crippen LogP contribution in [-0.4, -0.2) is 51.3 Å². The van der Waals surface area contributed by atoms with E-state index in [1.54, 1.807) is 17.0 Å². The molecule has 0 radical (unpaired) electrons. The summed E-state index contributed by atoms with van der Waals surface area (Å²) in [5.41, 5.74) is 1.31. The van der Waals surface area contributed by atoms with Crippen LogP contribution >= 0.6 is 0 Å². The van der Waals surface area contributed by atoms with E-state index >= 15 is 0 Å². The molecule has 33 heavy (non-hydrogen) atoms. The van der Waals surface area contributed by atoms with Crippen LogP contribution in [0.15, 0.2) is 77.7 Å². The number of benzene rings is 3. The van der Waals surface area contributed by atoms with Gasteiger partial charge in [0.15, 0.2) is 0 Å². The first-order chi connectivity index (χ1) is 15.6. The van der Waals surface area contributed by atoms with Crippen molar-refractivity contribution in [2.45, 2.75) is 11.4 Å². The number of anilines is 1. The molecule has 0 spiro atoms. The summed E-state index contributed by atoms with van der Waals surface area (Å²) in [5, 5.41) is 0. The molecular weight excluding hydrogens is 448 g/mol. The average molecular weight is 474 g/mol. The fraction of sp³-hybridized carbons (Fsp3) is 0.208. The lowest BCUT2D eigenvalue weighted by atomic mass is 10.1. The second kappa shape index (κ2) is 10.5. The molecule has 0 aliphatic heterocycles. The van der Waals surface area contributed by atoms with E-state index in [-0.39, 0.29) is 28.9 Å². The Labute approximate surface area is 192 Å². The van der Waals surface area contributed by atoms with Crippen LogP contribution in [0.5, 0.6) is 0 Å². The number of carbonyl (C=O) groups excluding carboxylic acids is 1. The molecule has 0 aromatic heterocycles. The normalized spacial score (nSPS) is 11.4. The van der Waals surface area contributed by atoms with Gasteiger partial charge in [0.25, 0.3) is 15.9 Å². The minimum Gasteiger partial charge on any atom is -0.333 e. The van der Waals surface area contributed by atoms with Crippen LogP contribution < -0.4 is 4.72 Å². The number of carbonyl (C=O) groups is 1. The van der Waals surface area contributed by atoms with E-state index in [0.717, 1.165) is 12.1 Å². The third kappa shape index (κ3) is 6.84. The van der Waals surface area contributed by atoms with Gasteiger partial charge in [-0.05, 0) is 80.3 Å². The van der Waals surface area contributed by atoms with E-state index in [9.17, 15) is 22.0 Å². The maximum absolute atomic E-state index is 13.6. The first-order valence-electron chi connectivity index (χ1n) is 10.2. The van der Waals surface area contributed by atoms with E-state index in [2.05, 4.69) is 4.72 Å². The van der Waals surface area contributed by atoms with Gasteiger partial charge >= 0.3 is 0 Å². The van der Waals surface area contributed by atoms with E-state index < -0.39 is 15.8 Å². The monoisotopic (exact) mass is 473 g/mol. The smallest absolute Gasteiger partial charge is 0.261 e. The summed E-state index contributed by atoms with van der Waals surface area (Å²) < 4.78 is 54.0. The minimum atomic E-state index is -3.90. The second-order valence-corrected chi connectivity index (χ2v) is 9.48. The fourth-order valence-corrected chi connectivity index (χ4v) is 4.18. The average Bonchev–Trinajstić information content (AvgIpc) is 2.76. The molecule has 0 saturated heterocycles. The van der Waals surface area contributed by atoms with Crippen LogP contribution in [0, 0.1) is 11.6 Å². The van der Waals surface area contributed by atoms with Gasteiger partial charge in [0.1, 0.15) is 11.6 Å². The van der Waals surface area contributed by atoms with Crippen molar-refractivity contribution in [1.29, 1.82) is 0 Å². The van der Waals surface area contributed by atoms with Crippen LogP contribution in [0.4, 0.5) is 14.5 Å². The van der Waals surface area contributed by atoms with Crippen molar-refractivity contribution in [1.82, 2.24) is 9.80 Å². The number of likely N-dealkylation sites (N-methyl/N-ethyl adjacent to an activating group) is 1. The number of hydrogen-bond acceptors (Lipinski definition) is 4. The Hall–Kier alpha value is -3.30. The summed E-state index contributed by atoms with van der Waals surface area (Å²) >= 11 is 0. The molecule has 174 valence electrons. The molecule has 3 aromatic carbocycles. The molecular formula is C24H25F2N3O3S. The topological polar surface area (TPSA) is 69.7 Å². The van der Waals surface area contributed by atoms with Crippen molar-refractivity contribution in [2.24, 2.45) is 0 Å². The van der Waals surface area contributed by atoms with E-state index in [1.807, 2.05) is 19.0 Å². The highest BCUT2D eigenvalue weighted by atomic mass is 32.2.